The molecule has 1 aliphatic rings. The number of hydrogen-bond acceptors (Lipinski definition) is 2. The van der Waals surface area contributed by atoms with Crippen molar-refractivity contribution in [2.24, 2.45) is 5.92 Å². The Bertz CT molecular complexity index is 616. The van der Waals surface area contributed by atoms with Crippen molar-refractivity contribution in [1.82, 2.24) is 4.72 Å². The van der Waals surface area contributed by atoms with E-state index in [4.69, 9.17) is 0 Å². The van der Waals surface area contributed by atoms with E-state index >= 15 is 0 Å². The fourth-order valence-corrected chi connectivity index (χ4v) is 5.70. The average molecular weight is 439 g/mol. The lowest BCUT2D eigenvalue weighted by Gasteiger charge is -2.18. The molecule has 0 radical (unpaired) electrons. The van der Waals surface area contributed by atoms with Crippen molar-refractivity contribution >= 4 is 41.9 Å². The summed E-state index contributed by atoms with van der Waals surface area (Å²) >= 11 is 6.77. The molecule has 21 heavy (non-hydrogen) atoms. The van der Waals surface area contributed by atoms with Gasteiger partial charge in [-0.3, -0.25) is 0 Å². The summed E-state index contributed by atoms with van der Waals surface area (Å²) in [4.78, 5) is 0.303. The molecule has 2 rings (SSSR count). The van der Waals surface area contributed by atoms with E-state index in [1.165, 1.54) is 6.42 Å². The third kappa shape index (κ3) is 4.53. The lowest BCUT2D eigenvalue weighted by atomic mass is 10.0. The average Bonchev–Trinajstić information content (AvgIpc) is 2.58. The van der Waals surface area contributed by atoms with Gasteiger partial charge in [0.2, 0.25) is 10.0 Å². The van der Waals surface area contributed by atoms with Gasteiger partial charge >= 0.3 is 0 Å². The molecule has 0 heterocycles. The SMILES string of the molecule is Cc1cc(Br)c(S(=O)(=O)NC2CCCC(C)CC2)cc1Br. The number of benzene rings is 1. The Balaban J connectivity index is 2.20. The van der Waals surface area contributed by atoms with Crippen LogP contribution >= 0.6 is 31.9 Å². The van der Waals surface area contributed by atoms with Crippen LogP contribution in [0.4, 0.5) is 0 Å². The molecule has 1 aromatic rings. The Kier molecular flexibility index (Phi) is 5.91. The van der Waals surface area contributed by atoms with Gasteiger partial charge in [0.25, 0.3) is 0 Å². The summed E-state index contributed by atoms with van der Waals surface area (Å²) in [5.74, 6) is 0.694. The van der Waals surface area contributed by atoms with Crippen molar-refractivity contribution in [3.05, 3.63) is 26.6 Å². The molecule has 118 valence electrons. The molecule has 6 heteroatoms. The molecular formula is C15H21Br2NO2S. The highest BCUT2D eigenvalue weighted by Crippen LogP contribution is 2.30. The van der Waals surface area contributed by atoms with Gasteiger partial charge in [0, 0.05) is 15.0 Å². The molecule has 2 unspecified atom stereocenters. The van der Waals surface area contributed by atoms with Gasteiger partial charge in [0.1, 0.15) is 0 Å². The van der Waals surface area contributed by atoms with Gasteiger partial charge in [0.05, 0.1) is 4.90 Å². The van der Waals surface area contributed by atoms with Crippen LogP contribution in [0.25, 0.3) is 0 Å². The summed E-state index contributed by atoms with van der Waals surface area (Å²) in [6, 6.07) is 3.54. The zero-order chi connectivity index (χ0) is 15.6. The Labute approximate surface area is 144 Å². The topological polar surface area (TPSA) is 46.2 Å². The molecule has 0 amide bonds. The second kappa shape index (κ2) is 7.11. The highest BCUT2D eigenvalue weighted by molar-refractivity contribution is 9.11. The Morgan fingerprint density at radius 2 is 1.81 bits per heavy atom. The predicted molar refractivity (Wildman–Crippen MR) is 92.9 cm³/mol. The van der Waals surface area contributed by atoms with Crippen molar-refractivity contribution in [1.29, 1.82) is 0 Å². The van der Waals surface area contributed by atoms with Gasteiger partial charge in [-0.25, -0.2) is 13.1 Å². The Morgan fingerprint density at radius 3 is 2.52 bits per heavy atom. The number of nitrogens with one attached hydrogen (secondary N) is 1. The maximum Gasteiger partial charge on any atom is 0.241 e. The second-order valence-corrected chi connectivity index (χ2v) is 9.35. The number of sulfonamides is 1. The monoisotopic (exact) mass is 437 g/mol. The minimum Gasteiger partial charge on any atom is -0.208 e. The van der Waals surface area contributed by atoms with Crippen LogP contribution in [0, 0.1) is 12.8 Å². The van der Waals surface area contributed by atoms with Crippen LogP contribution in [-0.4, -0.2) is 14.5 Å². The summed E-state index contributed by atoms with van der Waals surface area (Å²) in [5.41, 5.74) is 1.00. The van der Waals surface area contributed by atoms with Crippen LogP contribution in [0.3, 0.4) is 0 Å². The fraction of sp³-hybridized carbons (Fsp3) is 0.600. The lowest BCUT2D eigenvalue weighted by molar-refractivity contribution is 0.484. The number of halogens is 2. The molecule has 0 bridgehead atoms. The van der Waals surface area contributed by atoms with E-state index in [2.05, 4.69) is 43.5 Å². The molecule has 1 saturated carbocycles. The van der Waals surface area contributed by atoms with Crippen molar-refractivity contribution in [2.75, 3.05) is 0 Å². The van der Waals surface area contributed by atoms with Crippen molar-refractivity contribution in [3.63, 3.8) is 0 Å². The van der Waals surface area contributed by atoms with Gasteiger partial charge in [-0.05, 0) is 65.7 Å². The third-order valence-corrected chi connectivity index (χ3v) is 7.42. The van der Waals surface area contributed by atoms with Gasteiger partial charge in [-0.15, -0.1) is 0 Å². The van der Waals surface area contributed by atoms with Gasteiger partial charge in [0.15, 0.2) is 0 Å². The van der Waals surface area contributed by atoms with Gasteiger partial charge in [-0.1, -0.05) is 35.7 Å². The predicted octanol–water partition coefficient (Wildman–Crippen LogP) is 4.77. The summed E-state index contributed by atoms with van der Waals surface area (Å²) in [6.07, 6.45) is 5.22. The molecule has 1 N–H and O–H groups in total. The third-order valence-electron chi connectivity index (χ3n) is 4.08. The van der Waals surface area contributed by atoms with Crippen LogP contribution in [0.1, 0.15) is 44.6 Å². The van der Waals surface area contributed by atoms with Crippen LogP contribution in [-0.2, 0) is 10.0 Å². The highest BCUT2D eigenvalue weighted by atomic mass is 79.9. The van der Waals surface area contributed by atoms with E-state index in [-0.39, 0.29) is 6.04 Å². The lowest BCUT2D eigenvalue weighted by Crippen LogP contribution is -2.34. The Morgan fingerprint density at radius 1 is 1.10 bits per heavy atom. The summed E-state index contributed by atoms with van der Waals surface area (Å²) in [5, 5.41) is 0. The molecule has 0 aromatic heterocycles. The minimum atomic E-state index is -3.49. The largest absolute Gasteiger partial charge is 0.241 e. The molecule has 0 aliphatic heterocycles. The molecule has 1 aliphatic carbocycles. The minimum absolute atomic E-state index is 0.0481. The number of rotatable bonds is 3. The number of hydrogen-bond donors (Lipinski definition) is 1. The highest BCUT2D eigenvalue weighted by Gasteiger charge is 2.24. The molecule has 1 aromatic carbocycles. The maximum atomic E-state index is 12.6. The standard InChI is InChI=1S/C15H21Br2NO2S/c1-10-4-3-5-12(7-6-10)18-21(19,20)15-9-13(16)11(2)8-14(15)17/h8-10,12,18H,3-7H2,1-2H3. The van der Waals surface area contributed by atoms with Crippen LogP contribution in [0.2, 0.25) is 0 Å². The second-order valence-electron chi connectivity index (χ2n) is 5.96. The van der Waals surface area contributed by atoms with Gasteiger partial charge in [-0.2, -0.15) is 0 Å². The van der Waals surface area contributed by atoms with E-state index in [0.29, 0.717) is 15.3 Å². The van der Waals surface area contributed by atoms with Crippen LogP contribution in [0.15, 0.2) is 26.0 Å². The maximum absolute atomic E-state index is 12.6. The van der Waals surface area contributed by atoms with E-state index < -0.39 is 10.0 Å². The van der Waals surface area contributed by atoms with Gasteiger partial charge < -0.3 is 0 Å². The molecular weight excluding hydrogens is 418 g/mol. The Hall–Kier alpha value is 0.0900. The van der Waals surface area contributed by atoms with E-state index in [0.717, 1.165) is 35.7 Å². The first-order valence-electron chi connectivity index (χ1n) is 7.27. The van der Waals surface area contributed by atoms with E-state index in [1.807, 2.05) is 13.0 Å². The van der Waals surface area contributed by atoms with Crippen molar-refractivity contribution in [3.8, 4) is 0 Å². The zero-order valence-electron chi connectivity index (χ0n) is 12.3. The molecule has 0 spiro atoms. The first-order chi connectivity index (χ1) is 9.79. The van der Waals surface area contributed by atoms with E-state index in [1.54, 1.807) is 6.07 Å². The number of aryl methyl sites for hydroxylation is 1. The van der Waals surface area contributed by atoms with Crippen LogP contribution < -0.4 is 4.72 Å². The first-order valence-corrected chi connectivity index (χ1v) is 10.3. The summed E-state index contributed by atoms with van der Waals surface area (Å²) in [7, 11) is -3.49. The smallest absolute Gasteiger partial charge is 0.208 e. The zero-order valence-corrected chi connectivity index (χ0v) is 16.3. The fourth-order valence-electron chi connectivity index (χ4n) is 2.72. The molecule has 1 fully saturated rings. The molecule has 3 nitrogen and oxygen atoms in total. The summed E-state index contributed by atoms with van der Waals surface area (Å²) in [6.45, 7) is 4.18. The van der Waals surface area contributed by atoms with Crippen molar-refractivity contribution in [2.45, 2.75) is 56.9 Å². The first kappa shape index (κ1) is 17.4. The summed E-state index contributed by atoms with van der Waals surface area (Å²) < 4.78 is 29.5. The molecule has 0 saturated heterocycles. The van der Waals surface area contributed by atoms with E-state index in [9.17, 15) is 8.42 Å². The molecule has 2 atom stereocenters. The normalized spacial score (nSPS) is 23.8. The van der Waals surface area contributed by atoms with Crippen LogP contribution in [0.5, 0.6) is 0 Å². The van der Waals surface area contributed by atoms with Crippen molar-refractivity contribution < 1.29 is 8.42 Å². The quantitative estimate of drug-likeness (QED) is 0.691.